The summed E-state index contributed by atoms with van der Waals surface area (Å²) in [6.07, 6.45) is 0. The number of carbonyl (C=O) groups excluding carboxylic acids is 1. The van der Waals surface area contributed by atoms with E-state index in [0.29, 0.717) is 6.54 Å². The molecule has 0 spiro atoms. The number of nitrogens with one attached hydrogen (secondary N) is 1. The van der Waals surface area contributed by atoms with Crippen LogP contribution >= 0.6 is 0 Å². The monoisotopic (exact) mass is 228 g/mol. The minimum atomic E-state index is 0.0173. The number of amides is 2. The third-order valence-corrected chi connectivity index (χ3v) is 3.13. The van der Waals surface area contributed by atoms with Crippen LogP contribution in [0.25, 0.3) is 0 Å². The normalized spacial score (nSPS) is 27.2. The molecule has 16 heavy (non-hydrogen) atoms. The van der Waals surface area contributed by atoms with Crippen LogP contribution < -0.4 is 11.1 Å². The Kier molecular flexibility index (Phi) is 3.98. The van der Waals surface area contributed by atoms with Gasteiger partial charge in [0.25, 0.3) is 0 Å². The molecular formula is C10H20N4O2. The first-order valence-electron chi connectivity index (χ1n) is 5.85. The van der Waals surface area contributed by atoms with E-state index >= 15 is 0 Å². The van der Waals surface area contributed by atoms with Crippen molar-refractivity contribution in [3.05, 3.63) is 0 Å². The first-order chi connectivity index (χ1) is 7.79. The molecule has 6 heteroatoms. The lowest BCUT2D eigenvalue weighted by molar-refractivity contribution is 0.0355. The molecular weight excluding hydrogens is 208 g/mol. The Morgan fingerprint density at radius 1 is 1.38 bits per heavy atom. The van der Waals surface area contributed by atoms with Crippen LogP contribution in [0.3, 0.4) is 0 Å². The summed E-state index contributed by atoms with van der Waals surface area (Å²) in [5, 5.41) is 2.86. The number of nitrogens with two attached hydrogens (primary N) is 1. The zero-order valence-corrected chi connectivity index (χ0v) is 9.52. The molecule has 1 atom stereocenters. The molecule has 0 aromatic heterocycles. The van der Waals surface area contributed by atoms with E-state index < -0.39 is 0 Å². The Labute approximate surface area is 95.7 Å². The van der Waals surface area contributed by atoms with Gasteiger partial charge in [0.15, 0.2) is 0 Å². The highest BCUT2D eigenvalue weighted by Gasteiger charge is 2.27. The second-order valence-electron chi connectivity index (χ2n) is 4.28. The summed E-state index contributed by atoms with van der Waals surface area (Å²) in [7, 11) is 0. The molecule has 0 aromatic rings. The number of hydrogen-bond donors (Lipinski definition) is 2. The SMILES string of the molecule is NCC1CN(CCN2CCOCC2)C(=O)N1. The highest BCUT2D eigenvalue weighted by Crippen LogP contribution is 2.04. The van der Waals surface area contributed by atoms with Gasteiger partial charge in [0.1, 0.15) is 0 Å². The van der Waals surface area contributed by atoms with E-state index in [9.17, 15) is 4.79 Å². The number of urea groups is 1. The minimum absolute atomic E-state index is 0.0173. The summed E-state index contributed by atoms with van der Waals surface area (Å²) in [6.45, 7) is 6.50. The quantitative estimate of drug-likeness (QED) is 0.625. The molecule has 2 heterocycles. The first-order valence-corrected chi connectivity index (χ1v) is 5.85. The first kappa shape index (κ1) is 11.6. The van der Waals surface area contributed by atoms with E-state index in [1.165, 1.54) is 0 Å². The Hall–Kier alpha value is -0.850. The van der Waals surface area contributed by atoms with Crippen LogP contribution in [0.2, 0.25) is 0 Å². The van der Waals surface area contributed by atoms with Crippen molar-refractivity contribution in [1.29, 1.82) is 0 Å². The van der Waals surface area contributed by atoms with Gasteiger partial charge in [-0.2, -0.15) is 0 Å². The molecule has 1 unspecified atom stereocenters. The molecule has 0 aromatic carbocycles. The molecule has 0 radical (unpaired) electrons. The zero-order valence-electron chi connectivity index (χ0n) is 9.52. The van der Waals surface area contributed by atoms with Crippen LogP contribution in [0.15, 0.2) is 0 Å². The molecule has 2 aliphatic heterocycles. The fourth-order valence-electron chi connectivity index (χ4n) is 2.07. The molecule has 6 nitrogen and oxygen atoms in total. The summed E-state index contributed by atoms with van der Waals surface area (Å²) in [5.41, 5.74) is 5.53. The van der Waals surface area contributed by atoms with Crippen molar-refractivity contribution in [1.82, 2.24) is 15.1 Å². The van der Waals surface area contributed by atoms with Crippen molar-refractivity contribution in [2.45, 2.75) is 6.04 Å². The van der Waals surface area contributed by atoms with E-state index in [2.05, 4.69) is 10.2 Å². The average Bonchev–Trinajstić information content (AvgIpc) is 2.69. The second-order valence-corrected chi connectivity index (χ2v) is 4.28. The van der Waals surface area contributed by atoms with E-state index in [1.54, 1.807) is 0 Å². The summed E-state index contributed by atoms with van der Waals surface area (Å²) >= 11 is 0. The van der Waals surface area contributed by atoms with Crippen LogP contribution in [0.4, 0.5) is 4.79 Å². The van der Waals surface area contributed by atoms with Crippen LogP contribution in [0, 0.1) is 0 Å². The Morgan fingerprint density at radius 2 is 2.12 bits per heavy atom. The van der Waals surface area contributed by atoms with Crippen LogP contribution in [-0.2, 0) is 4.74 Å². The molecule has 2 fully saturated rings. The Balaban J connectivity index is 1.71. The number of carbonyl (C=O) groups is 1. The van der Waals surface area contributed by atoms with Crippen molar-refractivity contribution in [2.75, 3.05) is 52.5 Å². The van der Waals surface area contributed by atoms with Gasteiger partial charge in [-0.05, 0) is 0 Å². The molecule has 0 bridgehead atoms. The van der Waals surface area contributed by atoms with Crippen molar-refractivity contribution < 1.29 is 9.53 Å². The number of ether oxygens (including phenoxy) is 1. The van der Waals surface area contributed by atoms with Gasteiger partial charge in [0, 0.05) is 39.3 Å². The largest absolute Gasteiger partial charge is 0.379 e. The Bertz CT molecular complexity index is 243. The number of nitrogens with zero attached hydrogens (tertiary/aromatic N) is 2. The fourth-order valence-corrected chi connectivity index (χ4v) is 2.07. The van der Waals surface area contributed by atoms with Gasteiger partial charge in [0.2, 0.25) is 0 Å². The highest BCUT2D eigenvalue weighted by molar-refractivity contribution is 5.76. The number of rotatable bonds is 4. The van der Waals surface area contributed by atoms with Crippen LogP contribution in [0.5, 0.6) is 0 Å². The molecule has 2 saturated heterocycles. The van der Waals surface area contributed by atoms with Crippen LogP contribution in [0.1, 0.15) is 0 Å². The highest BCUT2D eigenvalue weighted by atomic mass is 16.5. The standard InChI is InChI=1S/C10H20N4O2/c11-7-9-8-14(10(15)12-9)2-1-13-3-5-16-6-4-13/h9H,1-8,11H2,(H,12,15). The smallest absolute Gasteiger partial charge is 0.317 e. The van der Waals surface area contributed by atoms with Crippen molar-refractivity contribution in [3.63, 3.8) is 0 Å². The molecule has 2 aliphatic rings. The predicted molar refractivity (Wildman–Crippen MR) is 60.2 cm³/mol. The third kappa shape index (κ3) is 2.84. The second kappa shape index (κ2) is 5.47. The van der Waals surface area contributed by atoms with Crippen molar-refractivity contribution >= 4 is 6.03 Å². The molecule has 2 rings (SSSR count). The van der Waals surface area contributed by atoms with E-state index in [1.807, 2.05) is 4.90 Å². The molecule has 3 N–H and O–H groups in total. The number of hydrogen-bond acceptors (Lipinski definition) is 4. The lowest BCUT2D eigenvalue weighted by atomic mass is 10.3. The average molecular weight is 228 g/mol. The summed E-state index contributed by atoms with van der Waals surface area (Å²) in [6, 6.07) is 0.140. The third-order valence-electron chi connectivity index (χ3n) is 3.13. The maximum absolute atomic E-state index is 11.5. The van der Waals surface area contributed by atoms with Gasteiger partial charge in [-0.15, -0.1) is 0 Å². The van der Waals surface area contributed by atoms with Gasteiger partial charge >= 0.3 is 6.03 Å². The number of morpholine rings is 1. The van der Waals surface area contributed by atoms with Gasteiger partial charge < -0.3 is 20.7 Å². The Morgan fingerprint density at radius 3 is 2.75 bits per heavy atom. The molecule has 0 aliphatic carbocycles. The molecule has 2 amide bonds. The fraction of sp³-hybridized carbons (Fsp3) is 0.900. The lowest BCUT2D eigenvalue weighted by Gasteiger charge is -2.28. The maximum atomic E-state index is 11.5. The summed E-state index contributed by atoms with van der Waals surface area (Å²) in [4.78, 5) is 15.7. The van der Waals surface area contributed by atoms with E-state index in [-0.39, 0.29) is 12.1 Å². The van der Waals surface area contributed by atoms with Crippen molar-refractivity contribution in [3.8, 4) is 0 Å². The lowest BCUT2D eigenvalue weighted by Crippen LogP contribution is -2.42. The van der Waals surface area contributed by atoms with Gasteiger partial charge in [0.05, 0.1) is 19.3 Å². The van der Waals surface area contributed by atoms with Crippen LogP contribution in [-0.4, -0.2) is 74.4 Å². The van der Waals surface area contributed by atoms with Gasteiger partial charge in [-0.25, -0.2) is 4.79 Å². The van der Waals surface area contributed by atoms with E-state index in [0.717, 1.165) is 45.9 Å². The molecule has 0 saturated carbocycles. The van der Waals surface area contributed by atoms with E-state index in [4.69, 9.17) is 10.5 Å². The summed E-state index contributed by atoms with van der Waals surface area (Å²) in [5.74, 6) is 0. The minimum Gasteiger partial charge on any atom is -0.379 e. The molecule has 92 valence electrons. The topological polar surface area (TPSA) is 70.8 Å². The van der Waals surface area contributed by atoms with Crippen molar-refractivity contribution in [2.24, 2.45) is 5.73 Å². The zero-order chi connectivity index (χ0) is 11.4. The van der Waals surface area contributed by atoms with Gasteiger partial charge in [-0.3, -0.25) is 4.90 Å². The maximum Gasteiger partial charge on any atom is 0.317 e. The predicted octanol–water partition coefficient (Wildman–Crippen LogP) is -1.33. The summed E-state index contributed by atoms with van der Waals surface area (Å²) < 4.78 is 5.28. The van der Waals surface area contributed by atoms with Gasteiger partial charge in [-0.1, -0.05) is 0 Å².